The van der Waals surface area contributed by atoms with Crippen molar-refractivity contribution in [3.05, 3.63) is 101 Å². The second-order valence-electron chi connectivity index (χ2n) is 5.92. The molecule has 5 nitrogen and oxygen atoms in total. The highest BCUT2D eigenvalue weighted by Gasteiger charge is 2.17. The van der Waals surface area contributed by atoms with Gasteiger partial charge in [-0.2, -0.15) is 0 Å². The number of rotatable bonds is 3. The third-order valence-electron chi connectivity index (χ3n) is 4.18. The lowest BCUT2D eigenvalue weighted by Gasteiger charge is -2.14. The molecule has 2 aromatic heterocycles. The third kappa shape index (κ3) is 3.20. The van der Waals surface area contributed by atoms with Gasteiger partial charge in [-0.05, 0) is 53.9 Å². The van der Waals surface area contributed by atoms with Gasteiger partial charge in [0, 0.05) is 29.2 Å². The zero-order chi connectivity index (χ0) is 18.8. The van der Waals surface area contributed by atoms with Gasteiger partial charge in [0.05, 0.1) is 0 Å². The molecule has 0 radical (unpaired) electrons. The van der Waals surface area contributed by atoms with Gasteiger partial charge < -0.3 is 5.32 Å². The lowest BCUT2D eigenvalue weighted by atomic mass is 10.1. The number of carbonyl (C=O) groups is 1. The number of fused-ring (bicyclic) bond motifs is 1. The predicted octanol–water partition coefficient (Wildman–Crippen LogP) is 3.78. The number of carbonyl (C=O) groups excluding carboxylic acids is 1. The molecule has 4 aromatic rings. The highest BCUT2D eigenvalue weighted by molar-refractivity contribution is 6.05. The normalized spacial score (nSPS) is 10.7. The number of hydrogen-bond acceptors (Lipinski definition) is 3. The number of amides is 1. The summed E-state index contributed by atoms with van der Waals surface area (Å²) in [7, 11) is 0. The Hall–Kier alpha value is -3.80. The topological polar surface area (TPSA) is 64.0 Å². The standard InChI is InChI=1S/C21H14FN3O2/c22-15-5-7-17(8-6-15)25-19(20(26)24-16-9-11-23-12-10-16)13-14-3-1-2-4-18(14)21(25)27/h1-13H,(H,23,24,26). The average Bonchev–Trinajstić information content (AvgIpc) is 2.69. The molecule has 27 heavy (non-hydrogen) atoms. The number of pyridine rings is 2. The summed E-state index contributed by atoms with van der Waals surface area (Å²) in [5, 5.41) is 3.89. The molecule has 1 amide bonds. The van der Waals surface area contributed by atoms with Crippen LogP contribution in [0.4, 0.5) is 10.1 Å². The number of nitrogens with zero attached hydrogens (tertiary/aromatic N) is 2. The molecule has 0 aliphatic heterocycles. The minimum absolute atomic E-state index is 0.155. The van der Waals surface area contributed by atoms with Crippen molar-refractivity contribution in [2.45, 2.75) is 0 Å². The summed E-state index contributed by atoms with van der Waals surface area (Å²) in [6.45, 7) is 0. The molecule has 2 aromatic carbocycles. The maximum atomic E-state index is 13.3. The van der Waals surface area contributed by atoms with Crippen molar-refractivity contribution in [3.8, 4) is 5.69 Å². The minimum atomic E-state index is -0.451. The quantitative estimate of drug-likeness (QED) is 0.605. The van der Waals surface area contributed by atoms with E-state index in [9.17, 15) is 14.0 Å². The predicted molar refractivity (Wildman–Crippen MR) is 102 cm³/mol. The van der Waals surface area contributed by atoms with Crippen LogP contribution in [-0.4, -0.2) is 15.5 Å². The molecule has 0 spiro atoms. The van der Waals surface area contributed by atoms with Gasteiger partial charge >= 0.3 is 0 Å². The van der Waals surface area contributed by atoms with E-state index in [0.29, 0.717) is 22.1 Å². The summed E-state index contributed by atoms with van der Waals surface area (Å²) in [5.41, 5.74) is 0.773. The number of benzene rings is 2. The summed E-state index contributed by atoms with van der Waals surface area (Å²) in [4.78, 5) is 29.9. The highest BCUT2D eigenvalue weighted by Crippen LogP contribution is 2.18. The van der Waals surface area contributed by atoms with E-state index in [2.05, 4.69) is 10.3 Å². The molecule has 132 valence electrons. The minimum Gasteiger partial charge on any atom is -0.321 e. The zero-order valence-electron chi connectivity index (χ0n) is 14.1. The largest absolute Gasteiger partial charge is 0.321 e. The van der Waals surface area contributed by atoms with Gasteiger partial charge in [0.1, 0.15) is 11.5 Å². The van der Waals surface area contributed by atoms with Crippen LogP contribution in [0.15, 0.2) is 83.9 Å². The smallest absolute Gasteiger partial charge is 0.272 e. The maximum Gasteiger partial charge on any atom is 0.272 e. The van der Waals surface area contributed by atoms with E-state index in [-0.39, 0.29) is 11.3 Å². The van der Waals surface area contributed by atoms with Crippen LogP contribution < -0.4 is 10.9 Å². The molecule has 0 aliphatic rings. The van der Waals surface area contributed by atoms with Crippen molar-refractivity contribution in [1.29, 1.82) is 0 Å². The van der Waals surface area contributed by atoms with Gasteiger partial charge in [-0.25, -0.2) is 4.39 Å². The first-order chi connectivity index (χ1) is 13.1. The fraction of sp³-hybridized carbons (Fsp3) is 0. The fourth-order valence-corrected chi connectivity index (χ4v) is 2.90. The molecule has 1 N–H and O–H groups in total. The summed E-state index contributed by atoms with van der Waals surface area (Å²) < 4.78 is 14.6. The van der Waals surface area contributed by atoms with Crippen LogP contribution in [0.5, 0.6) is 0 Å². The summed E-state index contributed by atoms with van der Waals surface area (Å²) in [6.07, 6.45) is 3.12. The van der Waals surface area contributed by atoms with Crippen molar-refractivity contribution < 1.29 is 9.18 Å². The van der Waals surface area contributed by atoms with Crippen LogP contribution in [0.3, 0.4) is 0 Å². The Morgan fingerprint density at radius 1 is 0.963 bits per heavy atom. The summed E-state index contributed by atoms with van der Waals surface area (Å²) in [6, 6.07) is 17.4. The molecule has 4 rings (SSSR count). The molecule has 0 aliphatic carbocycles. The Labute approximate surface area is 153 Å². The highest BCUT2D eigenvalue weighted by atomic mass is 19.1. The van der Waals surface area contributed by atoms with Crippen molar-refractivity contribution in [2.24, 2.45) is 0 Å². The lowest BCUT2D eigenvalue weighted by Crippen LogP contribution is -2.27. The third-order valence-corrected chi connectivity index (χ3v) is 4.18. The molecule has 0 atom stereocenters. The van der Waals surface area contributed by atoms with E-state index < -0.39 is 11.7 Å². The van der Waals surface area contributed by atoms with Crippen molar-refractivity contribution in [1.82, 2.24) is 9.55 Å². The second kappa shape index (κ2) is 6.84. The van der Waals surface area contributed by atoms with Gasteiger partial charge in [-0.15, -0.1) is 0 Å². The average molecular weight is 359 g/mol. The molecule has 0 unspecified atom stereocenters. The fourth-order valence-electron chi connectivity index (χ4n) is 2.90. The summed E-state index contributed by atoms with van der Waals surface area (Å²) >= 11 is 0. The van der Waals surface area contributed by atoms with Crippen molar-refractivity contribution in [2.75, 3.05) is 5.32 Å². The SMILES string of the molecule is O=C(Nc1ccncc1)c1cc2ccccc2c(=O)n1-c1ccc(F)cc1. The van der Waals surface area contributed by atoms with Crippen LogP contribution >= 0.6 is 0 Å². The first-order valence-electron chi connectivity index (χ1n) is 8.25. The number of halogens is 1. The molecule has 2 heterocycles. The number of nitrogens with one attached hydrogen (secondary N) is 1. The van der Waals surface area contributed by atoms with Crippen molar-refractivity contribution in [3.63, 3.8) is 0 Å². The van der Waals surface area contributed by atoms with Crippen LogP contribution in [-0.2, 0) is 0 Å². The second-order valence-corrected chi connectivity index (χ2v) is 5.92. The molecule has 6 heteroatoms. The number of anilines is 1. The van der Waals surface area contributed by atoms with E-state index in [1.165, 1.54) is 28.8 Å². The summed E-state index contributed by atoms with van der Waals surface area (Å²) in [5.74, 6) is -0.872. The van der Waals surface area contributed by atoms with E-state index in [4.69, 9.17) is 0 Å². The molecule has 0 saturated heterocycles. The van der Waals surface area contributed by atoms with Gasteiger partial charge in [-0.1, -0.05) is 18.2 Å². The molecule has 0 saturated carbocycles. The molecular weight excluding hydrogens is 345 g/mol. The van der Waals surface area contributed by atoms with Gasteiger partial charge in [0.25, 0.3) is 11.5 Å². The maximum absolute atomic E-state index is 13.3. The Morgan fingerprint density at radius 2 is 1.67 bits per heavy atom. The molecular formula is C21H14FN3O2. The first kappa shape index (κ1) is 16.7. The monoisotopic (exact) mass is 359 g/mol. The van der Waals surface area contributed by atoms with Crippen molar-refractivity contribution >= 4 is 22.4 Å². The van der Waals surface area contributed by atoms with E-state index >= 15 is 0 Å². The van der Waals surface area contributed by atoms with E-state index in [1.807, 2.05) is 0 Å². The van der Waals surface area contributed by atoms with Gasteiger partial charge in [0.2, 0.25) is 0 Å². The first-order valence-corrected chi connectivity index (χ1v) is 8.25. The Morgan fingerprint density at radius 3 is 2.41 bits per heavy atom. The van der Waals surface area contributed by atoms with Crippen LogP contribution in [0, 0.1) is 5.82 Å². The van der Waals surface area contributed by atoms with Crippen LogP contribution in [0.1, 0.15) is 10.5 Å². The number of aromatic nitrogens is 2. The molecule has 0 fully saturated rings. The lowest BCUT2D eigenvalue weighted by molar-refractivity contribution is 0.102. The zero-order valence-corrected chi connectivity index (χ0v) is 14.1. The van der Waals surface area contributed by atoms with Gasteiger partial charge in [0.15, 0.2) is 0 Å². The number of hydrogen-bond donors (Lipinski definition) is 1. The van der Waals surface area contributed by atoms with Crippen LogP contribution in [0.2, 0.25) is 0 Å². The Bertz CT molecular complexity index is 1190. The van der Waals surface area contributed by atoms with Crippen LogP contribution in [0.25, 0.3) is 16.5 Å². The molecule has 0 bridgehead atoms. The Kier molecular flexibility index (Phi) is 4.22. The van der Waals surface area contributed by atoms with E-state index in [0.717, 1.165) is 0 Å². The van der Waals surface area contributed by atoms with E-state index in [1.54, 1.807) is 54.9 Å². The van der Waals surface area contributed by atoms with Gasteiger partial charge in [-0.3, -0.25) is 19.1 Å². The Balaban J connectivity index is 1.92.